The fraction of sp³-hybridized carbons (Fsp3) is 0.278. The maximum atomic E-state index is 13.2. The molecule has 6 nitrogen and oxygen atoms in total. The summed E-state index contributed by atoms with van der Waals surface area (Å²) in [5.41, 5.74) is 0.257. The molecule has 27 heavy (non-hydrogen) atoms. The molecule has 0 saturated carbocycles. The van der Waals surface area contributed by atoms with Crippen LogP contribution in [0.3, 0.4) is 0 Å². The van der Waals surface area contributed by atoms with Crippen LogP contribution in [0, 0.1) is 0 Å². The molecule has 0 saturated heterocycles. The lowest BCUT2D eigenvalue weighted by atomic mass is 10.3. The van der Waals surface area contributed by atoms with E-state index in [0.717, 1.165) is 4.31 Å². The van der Waals surface area contributed by atoms with Gasteiger partial charge in [0.1, 0.15) is 17.2 Å². The largest absolute Gasteiger partial charge is 0.491 e. The highest BCUT2D eigenvalue weighted by atomic mass is 35.5. The third kappa shape index (κ3) is 5.28. The first-order chi connectivity index (χ1) is 12.6. The number of anilines is 1. The zero-order chi connectivity index (χ0) is 20.2. The van der Waals surface area contributed by atoms with Crippen LogP contribution in [0.1, 0.15) is 13.8 Å². The van der Waals surface area contributed by atoms with Crippen molar-refractivity contribution in [3.05, 3.63) is 52.5 Å². The zero-order valence-electron chi connectivity index (χ0n) is 15.0. The molecule has 0 radical (unpaired) electrons. The fourth-order valence-corrected chi connectivity index (χ4v) is 4.40. The van der Waals surface area contributed by atoms with Crippen molar-refractivity contribution < 1.29 is 22.7 Å². The molecule has 0 amide bonds. The Morgan fingerprint density at radius 1 is 1.11 bits per heavy atom. The van der Waals surface area contributed by atoms with E-state index in [0.29, 0.717) is 5.75 Å². The number of carbonyl (C=O) groups is 1. The van der Waals surface area contributed by atoms with Crippen molar-refractivity contribution in [2.75, 3.05) is 18.0 Å². The summed E-state index contributed by atoms with van der Waals surface area (Å²) in [6.45, 7) is 3.23. The van der Waals surface area contributed by atoms with Gasteiger partial charge in [0.05, 0.1) is 23.9 Å². The summed E-state index contributed by atoms with van der Waals surface area (Å²) in [6, 6.07) is 10.4. The number of hydrogen-bond donors (Lipinski definition) is 0. The number of halogens is 2. The molecule has 2 rings (SSSR count). The monoisotopic (exact) mass is 431 g/mol. The molecule has 0 aliphatic rings. The van der Waals surface area contributed by atoms with Gasteiger partial charge in [0, 0.05) is 5.02 Å². The van der Waals surface area contributed by atoms with Crippen molar-refractivity contribution in [2.45, 2.75) is 24.8 Å². The first kappa shape index (κ1) is 21.3. The smallest absolute Gasteiger partial charge is 0.326 e. The highest BCUT2D eigenvalue weighted by Crippen LogP contribution is 2.31. The Kier molecular flexibility index (Phi) is 6.97. The van der Waals surface area contributed by atoms with Crippen molar-refractivity contribution in [3.63, 3.8) is 0 Å². The number of carbonyl (C=O) groups excluding carboxylic acids is 1. The molecule has 146 valence electrons. The van der Waals surface area contributed by atoms with E-state index in [-0.39, 0.29) is 26.7 Å². The maximum Gasteiger partial charge on any atom is 0.326 e. The Hall–Kier alpha value is -1.96. The van der Waals surface area contributed by atoms with E-state index in [1.54, 1.807) is 12.1 Å². The van der Waals surface area contributed by atoms with Gasteiger partial charge in [-0.25, -0.2) is 8.42 Å². The van der Waals surface area contributed by atoms with Crippen LogP contribution >= 0.6 is 23.2 Å². The van der Waals surface area contributed by atoms with Gasteiger partial charge in [-0.3, -0.25) is 9.10 Å². The van der Waals surface area contributed by atoms with Crippen LogP contribution in [-0.4, -0.2) is 34.1 Å². The van der Waals surface area contributed by atoms with Gasteiger partial charge in [0.15, 0.2) is 0 Å². The summed E-state index contributed by atoms with van der Waals surface area (Å²) in [6.07, 6.45) is -0.0315. The maximum absolute atomic E-state index is 13.2. The minimum atomic E-state index is -4.17. The first-order valence-electron chi connectivity index (χ1n) is 7.96. The van der Waals surface area contributed by atoms with Gasteiger partial charge in [0.2, 0.25) is 0 Å². The van der Waals surface area contributed by atoms with Crippen molar-refractivity contribution in [1.82, 2.24) is 0 Å². The molecular formula is C18H19Cl2NO5S. The van der Waals surface area contributed by atoms with E-state index in [9.17, 15) is 13.2 Å². The molecule has 9 heteroatoms. The van der Waals surface area contributed by atoms with Crippen LogP contribution in [0.5, 0.6) is 5.75 Å². The highest BCUT2D eigenvalue weighted by molar-refractivity contribution is 7.93. The molecule has 0 unspecified atom stereocenters. The predicted molar refractivity (Wildman–Crippen MR) is 105 cm³/mol. The van der Waals surface area contributed by atoms with Crippen molar-refractivity contribution in [3.8, 4) is 5.75 Å². The van der Waals surface area contributed by atoms with Crippen LogP contribution in [0.15, 0.2) is 47.4 Å². The zero-order valence-corrected chi connectivity index (χ0v) is 17.3. The number of sulfonamides is 1. The summed E-state index contributed by atoms with van der Waals surface area (Å²) >= 11 is 12.0. The molecule has 0 bridgehead atoms. The number of nitrogens with zero attached hydrogens (tertiary/aromatic N) is 1. The first-order valence-corrected chi connectivity index (χ1v) is 10.2. The third-order valence-corrected chi connectivity index (χ3v) is 5.95. The van der Waals surface area contributed by atoms with Gasteiger partial charge >= 0.3 is 5.97 Å². The molecule has 0 aromatic heterocycles. The topological polar surface area (TPSA) is 72.9 Å². The quantitative estimate of drug-likeness (QED) is 0.615. The molecule has 2 aromatic rings. The second-order valence-corrected chi connectivity index (χ2v) is 8.50. The Labute approximate surface area is 168 Å². The SMILES string of the molecule is COC(=O)CN(c1ccc(OC(C)C)cc1)S(=O)(=O)c1cc(Cl)ccc1Cl. The molecule has 0 heterocycles. The van der Waals surface area contributed by atoms with Crippen LogP contribution in [0.2, 0.25) is 10.0 Å². The lowest BCUT2D eigenvalue weighted by Gasteiger charge is -2.24. The summed E-state index contributed by atoms with van der Waals surface area (Å²) in [5.74, 6) is -0.149. The van der Waals surface area contributed by atoms with Crippen LogP contribution in [0.4, 0.5) is 5.69 Å². The minimum absolute atomic E-state index is 0.00553. The molecule has 2 aromatic carbocycles. The summed E-state index contributed by atoms with van der Waals surface area (Å²) in [4.78, 5) is 11.6. The van der Waals surface area contributed by atoms with E-state index >= 15 is 0 Å². The fourth-order valence-electron chi connectivity index (χ4n) is 2.25. The van der Waals surface area contributed by atoms with Gasteiger partial charge in [-0.1, -0.05) is 23.2 Å². The van der Waals surface area contributed by atoms with Crippen molar-refractivity contribution in [1.29, 1.82) is 0 Å². The minimum Gasteiger partial charge on any atom is -0.491 e. The summed E-state index contributed by atoms with van der Waals surface area (Å²) in [7, 11) is -2.99. The Balaban J connectivity index is 2.50. The molecule has 0 N–H and O–H groups in total. The summed E-state index contributed by atoms with van der Waals surface area (Å²) in [5, 5.41) is 0.200. The molecule has 0 aliphatic heterocycles. The van der Waals surface area contributed by atoms with Crippen molar-refractivity contribution in [2.24, 2.45) is 0 Å². The van der Waals surface area contributed by atoms with Gasteiger partial charge in [-0.05, 0) is 56.3 Å². The second kappa shape index (κ2) is 8.82. The second-order valence-electron chi connectivity index (χ2n) is 5.82. The Bertz CT molecular complexity index is 914. The Morgan fingerprint density at radius 2 is 1.74 bits per heavy atom. The van der Waals surface area contributed by atoms with E-state index in [2.05, 4.69) is 4.74 Å². The molecule has 0 fully saturated rings. The standard InChI is InChI=1S/C18H19Cl2NO5S/c1-12(2)26-15-7-5-14(6-8-15)21(11-18(22)25-3)27(23,24)17-10-13(19)4-9-16(17)20/h4-10,12H,11H2,1-3H3. The van der Waals surface area contributed by atoms with Gasteiger partial charge in [-0.2, -0.15) is 0 Å². The van der Waals surface area contributed by atoms with Gasteiger partial charge in [-0.15, -0.1) is 0 Å². The Morgan fingerprint density at radius 3 is 2.30 bits per heavy atom. The van der Waals surface area contributed by atoms with E-state index in [1.165, 1.54) is 37.4 Å². The van der Waals surface area contributed by atoms with Crippen LogP contribution < -0.4 is 9.04 Å². The van der Waals surface area contributed by atoms with E-state index < -0.39 is 22.5 Å². The number of rotatable bonds is 7. The number of esters is 1. The average molecular weight is 432 g/mol. The van der Waals surface area contributed by atoms with Gasteiger partial charge < -0.3 is 9.47 Å². The number of ether oxygens (including phenoxy) is 2. The van der Waals surface area contributed by atoms with E-state index in [1.807, 2.05) is 13.8 Å². The molecule has 0 atom stereocenters. The van der Waals surface area contributed by atoms with Gasteiger partial charge in [0.25, 0.3) is 10.0 Å². The highest BCUT2D eigenvalue weighted by Gasteiger charge is 2.29. The van der Waals surface area contributed by atoms with Crippen LogP contribution in [0.25, 0.3) is 0 Å². The third-order valence-electron chi connectivity index (χ3n) is 3.46. The molecule has 0 aliphatic carbocycles. The number of hydrogen-bond acceptors (Lipinski definition) is 5. The lowest BCUT2D eigenvalue weighted by molar-refractivity contribution is -0.138. The average Bonchev–Trinajstić information content (AvgIpc) is 2.61. The number of methoxy groups -OCH3 is 1. The van der Waals surface area contributed by atoms with E-state index in [4.69, 9.17) is 27.9 Å². The summed E-state index contributed by atoms with van der Waals surface area (Å²) < 4.78 is 37.4. The predicted octanol–water partition coefficient (Wildman–Crippen LogP) is 4.15. The van der Waals surface area contributed by atoms with Crippen molar-refractivity contribution >= 4 is 44.9 Å². The lowest BCUT2D eigenvalue weighted by Crippen LogP contribution is -2.36. The normalized spacial score (nSPS) is 11.3. The molecule has 0 spiro atoms. The molecular weight excluding hydrogens is 413 g/mol. The number of benzene rings is 2. The van der Waals surface area contributed by atoms with Crippen LogP contribution in [-0.2, 0) is 19.6 Å².